The maximum Gasteiger partial charge on any atom is 0.414 e. The number of hydrogen-bond acceptors (Lipinski definition) is 3. The van der Waals surface area contributed by atoms with Crippen LogP contribution in [-0.4, -0.2) is 25.3 Å². The standard InChI is InChI=1S/C10H9F2IN2O2/c11-7-1-5(2-8(12)9(7)13)15-4-6(3-14)17-10(15)16/h1-2,6H,3-4,14H2. The van der Waals surface area contributed by atoms with Crippen LogP contribution in [0.25, 0.3) is 0 Å². The number of nitrogens with zero attached hydrogens (tertiary/aromatic N) is 1. The molecule has 1 saturated heterocycles. The fourth-order valence-electron chi connectivity index (χ4n) is 1.55. The first-order valence-corrected chi connectivity index (χ1v) is 5.93. The summed E-state index contributed by atoms with van der Waals surface area (Å²) >= 11 is 1.56. The molecule has 1 aromatic carbocycles. The number of carbonyl (C=O) groups is 1. The van der Waals surface area contributed by atoms with Gasteiger partial charge in [-0.1, -0.05) is 0 Å². The summed E-state index contributed by atoms with van der Waals surface area (Å²) in [5, 5.41) is 0. The normalized spacial score (nSPS) is 19.6. The zero-order chi connectivity index (χ0) is 12.6. The van der Waals surface area contributed by atoms with E-state index < -0.39 is 23.8 Å². The third kappa shape index (κ3) is 2.34. The minimum atomic E-state index is -0.704. The molecule has 0 spiro atoms. The highest BCUT2D eigenvalue weighted by Crippen LogP contribution is 2.26. The van der Waals surface area contributed by atoms with Gasteiger partial charge in [0, 0.05) is 6.54 Å². The molecule has 1 fully saturated rings. The van der Waals surface area contributed by atoms with Crippen LogP contribution in [-0.2, 0) is 4.74 Å². The van der Waals surface area contributed by atoms with Gasteiger partial charge in [-0.2, -0.15) is 0 Å². The van der Waals surface area contributed by atoms with Crippen molar-refractivity contribution in [3.05, 3.63) is 27.3 Å². The van der Waals surface area contributed by atoms with E-state index >= 15 is 0 Å². The lowest BCUT2D eigenvalue weighted by Crippen LogP contribution is -2.27. The number of hydrogen-bond donors (Lipinski definition) is 1. The fourth-order valence-corrected chi connectivity index (χ4v) is 1.86. The number of carbonyl (C=O) groups excluding carboxylic acids is 1. The Morgan fingerprint density at radius 1 is 1.47 bits per heavy atom. The Kier molecular flexibility index (Phi) is 3.48. The van der Waals surface area contributed by atoms with Crippen LogP contribution in [0.1, 0.15) is 0 Å². The van der Waals surface area contributed by atoms with E-state index in [1.54, 1.807) is 22.6 Å². The molecule has 7 heteroatoms. The zero-order valence-corrected chi connectivity index (χ0v) is 10.8. The maximum atomic E-state index is 13.3. The Morgan fingerprint density at radius 3 is 2.53 bits per heavy atom. The monoisotopic (exact) mass is 354 g/mol. The van der Waals surface area contributed by atoms with E-state index in [4.69, 9.17) is 10.5 Å². The first-order valence-electron chi connectivity index (χ1n) is 4.85. The highest BCUT2D eigenvalue weighted by atomic mass is 127. The van der Waals surface area contributed by atoms with Crippen LogP contribution in [0.2, 0.25) is 0 Å². The van der Waals surface area contributed by atoms with E-state index in [1.165, 1.54) is 4.90 Å². The molecule has 1 aliphatic rings. The summed E-state index contributed by atoms with van der Waals surface area (Å²) in [7, 11) is 0. The molecule has 1 aromatic rings. The smallest absolute Gasteiger partial charge is 0.414 e. The molecule has 0 bridgehead atoms. The van der Waals surface area contributed by atoms with Crippen molar-refractivity contribution in [2.75, 3.05) is 18.0 Å². The third-order valence-corrected chi connectivity index (χ3v) is 3.45. The molecule has 0 saturated carbocycles. The average molecular weight is 354 g/mol. The topological polar surface area (TPSA) is 55.6 Å². The molecular weight excluding hydrogens is 345 g/mol. The van der Waals surface area contributed by atoms with Gasteiger partial charge < -0.3 is 10.5 Å². The van der Waals surface area contributed by atoms with Crippen LogP contribution in [0.5, 0.6) is 0 Å². The van der Waals surface area contributed by atoms with Gasteiger partial charge in [0.2, 0.25) is 0 Å². The van der Waals surface area contributed by atoms with Gasteiger partial charge in [0.05, 0.1) is 15.8 Å². The van der Waals surface area contributed by atoms with E-state index in [0.717, 1.165) is 12.1 Å². The second-order valence-electron chi connectivity index (χ2n) is 3.58. The van der Waals surface area contributed by atoms with Crippen LogP contribution in [0.15, 0.2) is 12.1 Å². The predicted molar refractivity (Wildman–Crippen MR) is 65.7 cm³/mol. The van der Waals surface area contributed by atoms with E-state index in [9.17, 15) is 13.6 Å². The van der Waals surface area contributed by atoms with E-state index in [-0.39, 0.29) is 22.3 Å². The third-order valence-electron chi connectivity index (χ3n) is 2.42. The SMILES string of the molecule is NCC1CN(c2cc(F)c(I)c(F)c2)C(=O)O1. The second-order valence-corrected chi connectivity index (χ2v) is 4.65. The van der Waals surface area contributed by atoms with Crippen LogP contribution >= 0.6 is 22.6 Å². The largest absolute Gasteiger partial charge is 0.443 e. The van der Waals surface area contributed by atoms with Gasteiger partial charge in [0.15, 0.2) is 0 Å². The van der Waals surface area contributed by atoms with Crippen molar-refractivity contribution in [2.24, 2.45) is 5.73 Å². The summed E-state index contributed by atoms with van der Waals surface area (Å²) in [6, 6.07) is 2.20. The molecule has 2 rings (SSSR count). The molecule has 17 heavy (non-hydrogen) atoms. The summed E-state index contributed by atoms with van der Waals surface area (Å²) in [6.07, 6.45) is -1.08. The molecule has 0 aromatic heterocycles. The fraction of sp³-hybridized carbons (Fsp3) is 0.300. The number of nitrogens with two attached hydrogens (primary N) is 1. The van der Waals surface area contributed by atoms with E-state index in [1.807, 2.05) is 0 Å². The van der Waals surface area contributed by atoms with Gasteiger partial charge >= 0.3 is 6.09 Å². The number of anilines is 1. The van der Waals surface area contributed by atoms with Gasteiger partial charge in [-0.3, -0.25) is 4.90 Å². The van der Waals surface area contributed by atoms with Crippen molar-refractivity contribution >= 4 is 34.4 Å². The molecular formula is C10H9F2IN2O2. The van der Waals surface area contributed by atoms with Crippen LogP contribution in [0, 0.1) is 15.2 Å². The Labute approximate surface area is 110 Å². The molecule has 1 heterocycles. The van der Waals surface area contributed by atoms with Crippen molar-refractivity contribution in [1.29, 1.82) is 0 Å². The number of ether oxygens (including phenoxy) is 1. The van der Waals surface area contributed by atoms with Crippen molar-refractivity contribution < 1.29 is 18.3 Å². The van der Waals surface area contributed by atoms with Crippen LogP contribution in [0.4, 0.5) is 19.3 Å². The summed E-state index contributed by atoms with van der Waals surface area (Å²) in [5.74, 6) is -1.41. The number of amides is 1. The number of halogens is 3. The van der Waals surface area contributed by atoms with E-state index in [2.05, 4.69) is 0 Å². The second kappa shape index (κ2) is 4.73. The molecule has 4 nitrogen and oxygen atoms in total. The molecule has 1 aliphatic heterocycles. The summed E-state index contributed by atoms with van der Waals surface area (Å²) < 4.78 is 31.5. The van der Waals surface area contributed by atoms with Crippen LogP contribution in [0.3, 0.4) is 0 Å². The first-order chi connectivity index (χ1) is 8.02. The van der Waals surface area contributed by atoms with E-state index in [0.29, 0.717) is 0 Å². The Bertz CT molecular complexity index is 447. The molecule has 1 amide bonds. The van der Waals surface area contributed by atoms with Gasteiger partial charge in [-0.05, 0) is 34.7 Å². The number of benzene rings is 1. The van der Waals surface area contributed by atoms with Gasteiger partial charge in [0.25, 0.3) is 0 Å². The van der Waals surface area contributed by atoms with Crippen molar-refractivity contribution in [1.82, 2.24) is 0 Å². The maximum absolute atomic E-state index is 13.3. The number of cyclic esters (lactones) is 1. The summed E-state index contributed by atoms with van der Waals surface area (Å²) in [6.45, 7) is 0.381. The Hall–Kier alpha value is -0.960. The van der Waals surface area contributed by atoms with Gasteiger partial charge in [0.1, 0.15) is 17.7 Å². The minimum Gasteiger partial charge on any atom is -0.443 e. The van der Waals surface area contributed by atoms with Crippen molar-refractivity contribution in [3.63, 3.8) is 0 Å². The van der Waals surface area contributed by atoms with Crippen LogP contribution < -0.4 is 10.6 Å². The molecule has 1 unspecified atom stereocenters. The Morgan fingerprint density at radius 2 is 2.06 bits per heavy atom. The molecule has 0 aliphatic carbocycles. The molecule has 0 radical (unpaired) electrons. The number of rotatable bonds is 2. The highest BCUT2D eigenvalue weighted by molar-refractivity contribution is 14.1. The summed E-state index contributed by atoms with van der Waals surface area (Å²) in [5.41, 5.74) is 5.51. The lowest BCUT2D eigenvalue weighted by atomic mass is 10.2. The van der Waals surface area contributed by atoms with Crippen molar-refractivity contribution in [3.8, 4) is 0 Å². The first kappa shape index (κ1) is 12.5. The lowest BCUT2D eigenvalue weighted by Gasteiger charge is -2.13. The zero-order valence-electron chi connectivity index (χ0n) is 8.62. The summed E-state index contributed by atoms with van der Waals surface area (Å²) in [4.78, 5) is 12.6. The minimum absolute atomic E-state index is 0.103. The predicted octanol–water partition coefficient (Wildman–Crippen LogP) is 1.85. The van der Waals surface area contributed by atoms with Crippen molar-refractivity contribution in [2.45, 2.75) is 6.10 Å². The molecule has 92 valence electrons. The van der Waals surface area contributed by atoms with Gasteiger partial charge in [-0.15, -0.1) is 0 Å². The van der Waals surface area contributed by atoms with Gasteiger partial charge in [-0.25, -0.2) is 13.6 Å². The quantitative estimate of drug-likeness (QED) is 0.652. The molecule has 1 atom stereocenters. The Balaban J connectivity index is 2.32. The highest BCUT2D eigenvalue weighted by Gasteiger charge is 2.32. The molecule has 2 N–H and O–H groups in total. The lowest BCUT2D eigenvalue weighted by molar-refractivity contribution is 0.145. The average Bonchev–Trinajstić information content (AvgIpc) is 2.67.